The van der Waals surface area contributed by atoms with Crippen LogP contribution in [0.1, 0.15) is 36.0 Å². The molecule has 0 aromatic heterocycles. The van der Waals surface area contributed by atoms with Crippen molar-refractivity contribution in [2.45, 2.75) is 36.6 Å². The highest BCUT2D eigenvalue weighted by Gasteiger charge is 2.22. The summed E-state index contributed by atoms with van der Waals surface area (Å²) in [5, 5.41) is 0. The first-order valence-electron chi connectivity index (χ1n) is 5.66. The van der Waals surface area contributed by atoms with Gasteiger partial charge in [0.15, 0.2) is 0 Å². The van der Waals surface area contributed by atoms with Crippen LogP contribution in [0.15, 0.2) is 30.3 Å². The van der Waals surface area contributed by atoms with Gasteiger partial charge in [0.1, 0.15) is 6.10 Å². The molecule has 2 nitrogen and oxygen atoms in total. The number of ether oxygens (including phenoxy) is 1. The summed E-state index contributed by atoms with van der Waals surface area (Å²) in [6.45, 7) is 0. The fourth-order valence-electron chi connectivity index (χ4n) is 1.93. The summed E-state index contributed by atoms with van der Waals surface area (Å²) in [4.78, 5) is 12.4. The second-order valence-electron chi connectivity index (χ2n) is 4.15. The molecule has 0 amide bonds. The highest BCUT2D eigenvalue weighted by atomic mass is 79.9. The molecule has 0 unspecified atom stereocenters. The minimum atomic E-state index is -0.196. The van der Waals surface area contributed by atoms with Crippen molar-refractivity contribution in [1.29, 1.82) is 0 Å². The van der Waals surface area contributed by atoms with Crippen molar-refractivity contribution in [2.24, 2.45) is 0 Å². The van der Waals surface area contributed by atoms with E-state index in [1.54, 1.807) is 12.1 Å². The number of benzene rings is 1. The zero-order valence-corrected chi connectivity index (χ0v) is 10.7. The van der Waals surface area contributed by atoms with Crippen molar-refractivity contribution in [2.75, 3.05) is 0 Å². The maximum atomic E-state index is 11.8. The Morgan fingerprint density at radius 3 is 2.38 bits per heavy atom. The smallest absolute Gasteiger partial charge is 0.338 e. The van der Waals surface area contributed by atoms with Gasteiger partial charge >= 0.3 is 5.97 Å². The van der Waals surface area contributed by atoms with E-state index in [-0.39, 0.29) is 12.1 Å². The number of alkyl halides is 1. The van der Waals surface area contributed by atoms with Gasteiger partial charge in [0.2, 0.25) is 0 Å². The van der Waals surface area contributed by atoms with Crippen molar-refractivity contribution in [3.63, 3.8) is 0 Å². The summed E-state index contributed by atoms with van der Waals surface area (Å²) in [5.74, 6) is -0.196. The quantitative estimate of drug-likeness (QED) is 0.613. The number of esters is 1. The average molecular weight is 283 g/mol. The Labute approximate surface area is 104 Å². The molecule has 1 aromatic carbocycles. The van der Waals surface area contributed by atoms with E-state index >= 15 is 0 Å². The number of carbonyl (C=O) groups is 1. The number of hydrogen-bond donors (Lipinski definition) is 0. The maximum absolute atomic E-state index is 11.8. The minimum absolute atomic E-state index is 0.0986. The molecule has 1 aliphatic carbocycles. The zero-order chi connectivity index (χ0) is 11.4. The molecule has 16 heavy (non-hydrogen) atoms. The van der Waals surface area contributed by atoms with Gasteiger partial charge in [0.25, 0.3) is 0 Å². The van der Waals surface area contributed by atoms with Crippen LogP contribution in [0.3, 0.4) is 0 Å². The van der Waals surface area contributed by atoms with Crippen LogP contribution >= 0.6 is 15.9 Å². The van der Waals surface area contributed by atoms with Crippen LogP contribution < -0.4 is 0 Å². The number of carbonyl (C=O) groups excluding carboxylic acids is 1. The van der Waals surface area contributed by atoms with E-state index in [2.05, 4.69) is 15.9 Å². The molecule has 0 radical (unpaired) electrons. The van der Waals surface area contributed by atoms with Crippen molar-refractivity contribution in [1.82, 2.24) is 0 Å². The highest BCUT2D eigenvalue weighted by molar-refractivity contribution is 9.09. The van der Waals surface area contributed by atoms with Gasteiger partial charge in [-0.05, 0) is 37.8 Å². The molecular formula is C13H15BrO2. The van der Waals surface area contributed by atoms with E-state index in [1.807, 2.05) is 18.2 Å². The molecule has 0 N–H and O–H groups in total. The Hall–Kier alpha value is -0.830. The zero-order valence-electron chi connectivity index (χ0n) is 9.06. The highest BCUT2D eigenvalue weighted by Crippen LogP contribution is 2.26. The third kappa shape index (κ3) is 3.08. The first kappa shape index (κ1) is 11.6. The first-order chi connectivity index (χ1) is 7.75. The number of halogens is 1. The molecule has 0 atom stereocenters. The Kier molecular flexibility index (Phi) is 3.99. The molecule has 1 aliphatic rings. The van der Waals surface area contributed by atoms with E-state index in [4.69, 9.17) is 4.74 Å². The third-order valence-electron chi connectivity index (χ3n) is 2.89. The monoisotopic (exact) mass is 282 g/mol. The molecule has 2 rings (SSSR count). The molecule has 1 fully saturated rings. The van der Waals surface area contributed by atoms with Crippen LogP contribution in [-0.2, 0) is 4.74 Å². The van der Waals surface area contributed by atoms with E-state index < -0.39 is 0 Å². The van der Waals surface area contributed by atoms with Crippen LogP contribution in [0.5, 0.6) is 0 Å². The lowest BCUT2D eigenvalue weighted by Gasteiger charge is -2.25. The summed E-state index contributed by atoms with van der Waals surface area (Å²) in [6.07, 6.45) is 4.21. The predicted molar refractivity (Wildman–Crippen MR) is 66.8 cm³/mol. The SMILES string of the molecule is O=C(OC1CCC(Br)CC1)c1ccccc1. The Morgan fingerprint density at radius 2 is 1.75 bits per heavy atom. The van der Waals surface area contributed by atoms with Crippen LogP contribution in [0.4, 0.5) is 0 Å². The number of rotatable bonds is 2. The van der Waals surface area contributed by atoms with Gasteiger partial charge in [-0.1, -0.05) is 34.1 Å². The maximum Gasteiger partial charge on any atom is 0.338 e. The van der Waals surface area contributed by atoms with Gasteiger partial charge in [-0.25, -0.2) is 4.79 Å². The van der Waals surface area contributed by atoms with Crippen LogP contribution in [0.2, 0.25) is 0 Å². The van der Waals surface area contributed by atoms with Crippen molar-refractivity contribution < 1.29 is 9.53 Å². The molecule has 0 aliphatic heterocycles. The van der Waals surface area contributed by atoms with E-state index in [1.165, 1.54) is 0 Å². The largest absolute Gasteiger partial charge is 0.459 e. The van der Waals surface area contributed by atoms with Gasteiger partial charge in [-0.3, -0.25) is 0 Å². The van der Waals surface area contributed by atoms with Crippen LogP contribution in [0.25, 0.3) is 0 Å². The van der Waals surface area contributed by atoms with Crippen LogP contribution in [0, 0.1) is 0 Å². The van der Waals surface area contributed by atoms with Crippen molar-refractivity contribution in [3.05, 3.63) is 35.9 Å². The fraction of sp³-hybridized carbons (Fsp3) is 0.462. The van der Waals surface area contributed by atoms with Crippen molar-refractivity contribution in [3.8, 4) is 0 Å². The van der Waals surface area contributed by atoms with Crippen LogP contribution in [-0.4, -0.2) is 16.9 Å². The normalized spacial score (nSPS) is 25.1. The summed E-state index contributed by atoms with van der Waals surface area (Å²) in [5.41, 5.74) is 0.642. The molecular weight excluding hydrogens is 268 g/mol. The summed E-state index contributed by atoms with van der Waals surface area (Å²) in [7, 11) is 0. The molecule has 86 valence electrons. The lowest BCUT2D eigenvalue weighted by atomic mass is 9.97. The predicted octanol–water partition coefficient (Wildman–Crippen LogP) is 3.55. The van der Waals surface area contributed by atoms with E-state index in [0.717, 1.165) is 25.7 Å². The van der Waals surface area contributed by atoms with Gasteiger partial charge in [-0.2, -0.15) is 0 Å². The first-order valence-corrected chi connectivity index (χ1v) is 6.57. The summed E-state index contributed by atoms with van der Waals surface area (Å²) >= 11 is 3.59. The second kappa shape index (κ2) is 5.48. The lowest BCUT2D eigenvalue weighted by molar-refractivity contribution is 0.0216. The Morgan fingerprint density at radius 1 is 1.12 bits per heavy atom. The van der Waals surface area contributed by atoms with E-state index in [0.29, 0.717) is 10.4 Å². The minimum Gasteiger partial charge on any atom is -0.459 e. The van der Waals surface area contributed by atoms with Gasteiger partial charge < -0.3 is 4.74 Å². The second-order valence-corrected chi connectivity index (χ2v) is 5.44. The molecule has 1 saturated carbocycles. The molecule has 1 aromatic rings. The standard InChI is InChI=1S/C13H15BrO2/c14-11-6-8-12(9-7-11)16-13(15)10-4-2-1-3-5-10/h1-5,11-12H,6-9H2. The molecule has 0 spiro atoms. The molecule has 3 heteroatoms. The van der Waals surface area contributed by atoms with E-state index in [9.17, 15) is 4.79 Å². The van der Waals surface area contributed by atoms with Crippen molar-refractivity contribution >= 4 is 21.9 Å². The Bertz CT molecular complexity index is 342. The molecule has 0 saturated heterocycles. The molecule has 0 heterocycles. The Balaban J connectivity index is 1.88. The summed E-state index contributed by atoms with van der Waals surface area (Å²) < 4.78 is 5.47. The average Bonchev–Trinajstić information content (AvgIpc) is 2.33. The topological polar surface area (TPSA) is 26.3 Å². The molecule has 0 bridgehead atoms. The van der Waals surface area contributed by atoms with Gasteiger partial charge in [0, 0.05) is 4.83 Å². The number of hydrogen-bond acceptors (Lipinski definition) is 2. The van der Waals surface area contributed by atoms with Gasteiger partial charge in [0.05, 0.1) is 5.56 Å². The lowest BCUT2D eigenvalue weighted by Crippen LogP contribution is -2.24. The fourth-order valence-corrected chi connectivity index (χ4v) is 2.46. The third-order valence-corrected chi connectivity index (χ3v) is 3.80. The van der Waals surface area contributed by atoms with Gasteiger partial charge in [-0.15, -0.1) is 0 Å². The summed E-state index contributed by atoms with van der Waals surface area (Å²) in [6, 6.07) is 9.18.